The summed E-state index contributed by atoms with van der Waals surface area (Å²) in [4.78, 5) is 0. The summed E-state index contributed by atoms with van der Waals surface area (Å²) in [7, 11) is 1.56. The third-order valence-corrected chi connectivity index (χ3v) is 2.23. The van der Waals surface area contributed by atoms with Gasteiger partial charge in [0.1, 0.15) is 12.4 Å². The SMILES string of the molecule is COc1cccc(CCCN)c1CF. The third-order valence-electron chi connectivity index (χ3n) is 2.23. The van der Waals surface area contributed by atoms with Gasteiger partial charge in [0.2, 0.25) is 0 Å². The van der Waals surface area contributed by atoms with Crippen molar-refractivity contribution in [1.82, 2.24) is 0 Å². The van der Waals surface area contributed by atoms with Crippen LogP contribution in [0.15, 0.2) is 18.2 Å². The lowest BCUT2D eigenvalue weighted by Gasteiger charge is -2.10. The van der Waals surface area contributed by atoms with Crippen LogP contribution in [0.4, 0.5) is 4.39 Å². The number of rotatable bonds is 5. The Morgan fingerprint density at radius 1 is 1.43 bits per heavy atom. The number of aryl methyl sites for hydroxylation is 1. The zero-order chi connectivity index (χ0) is 10.4. The topological polar surface area (TPSA) is 35.2 Å². The normalized spacial score (nSPS) is 10.2. The average molecular weight is 197 g/mol. The van der Waals surface area contributed by atoms with Crippen LogP contribution in [0.2, 0.25) is 0 Å². The van der Waals surface area contributed by atoms with Gasteiger partial charge >= 0.3 is 0 Å². The number of nitrogens with two attached hydrogens (primary N) is 1. The summed E-state index contributed by atoms with van der Waals surface area (Å²) in [5.74, 6) is 0.627. The molecule has 2 N–H and O–H groups in total. The number of halogens is 1. The van der Waals surface area contributed by atoms with Crippen molar-refractivity contribution in [2.45, 2.75) is 19.5 Å². The van der Waals surface area contributed by atoms with Crippen LogP contribution in [0.5, 0.6) is 5.75 Å². The van der Waals surface area contributed by atoms with E-state index in [1.807, 2.05) is 12.1 Å². The molecule has 78 valence electrons. The minimum atomic E-state index is -0.482. The molecule has 0 aliphatic rings. The Hall–Kier alpha value is -1.09. The summed E-state index contributed by atoms with van der Waals surface area (Å²) >= 11 is 0. The Labute approximate surface area is 83.9 Å². The van der Waals surface area contributed by atoms with Gasteiger partial charge in [-0.3, -0.25) is 0 Å². The maximum atomic E-state index is 12.7. The van der Waals surface area contributed by atoms with Crippen molar-refractivity contribution in [3.63, 3.8) is 0 Å². The largest absolute Gasteiger partial charge is 0.496 e. The van der Waals surface area contributed by atoms with Crippen LogP contribution in [0.1, 0.15) is 17.5 Å². The third kappa shape index (κ3) is 2.45. The van der Waals surface area contributed by atoms with Crippen LogP contribution in [0, 0.1) is 0 Å². The van der Waals surface area contributed by atoms with Gasteiger partial charge in [-0.1, -0.05) is 12.1 Å². The highest BCUT2D eigenvalue weighted by molar-refractivity contribution is 5.39. The van der Waals surface area contributed by atoms with Crippen molar-refractivity contribution >= 4 is 0 Å². The summed E-state index contributed by atoms with van der Waals surface area (Å²) in [6.07, 6.45) is 1.69. The molecule has 0 atom stereocenters. The molecule has 1 aromatic rings. The molecule has 0 heterocycles. The molecule has 0 spiro atoms. The van der Waals surface area contributed by atoms with E-state index in [1.54, 1.807) is 13.2 Å². The fraction of sp³-hybridized carbons (Fsp3) is 0.455. The van der Waals surface area contributed by atoms with Crippen LogP contribution in [-0.4, -0.2) is 13.7 Å². The van der Waals surface area contributed by atoms with Gasteiger partial charge in [0.15, 0.2) is 0 Å². The molecule has 1 rings (SSSR count). The lowest BCUT2D eigenvalue weighted by molar-refractivity contribution is 0.392. The Morgan fingerprint density at radius 3 is 2.79 bits per heavy atom. The molecule has 0 fully saturated rings. The van der Waals surface area contributed by atoms with E-state index in [-0.39, 0.29) is 0 Å². The van der Waals surface area contributed by atoms with Crippen molar-refractivity contribution in [2.24, 2.45) is 5.73 Å². The van der Waals surface area contributed by atoms with E-state index in [9.17, 15) is 4.39 Å². The van der Waals surface area contributed by atoms with Crippen molar-refractivity contribution in [3.05, 3.63) is 29.3 Å². The molecule has 0 aliphatic heterocycles. The molecule has 0 amide bonds. The van der Waals surface area contributed by atoms with Gasteiger partial charge in [0, 0.05) is 5.56 Å². The Kier molecular flexibility index (Phi) is 4.40. The first-order valence-corrected chi connectivity index (χ1v) is 4.74. The van der Waals surface area contributed by atoms with Crippen LogP contribution in [0.25, 0.3) is 0 Å². The maximum absolute atomic E-state index is 12.7. The predicted octanol–water partition coefficient (Wildman–Crippen LogP) is 2.06. The van der Waals surface area contributed by atoms with Gasteiger partial charge in [-0.15, -0.1) is 0 Å². The van der Waals surface area contributed by atoms with E-state index in [2.05, 4.69) is 0 Å². The number of alkyl halides is 1. The molecule has 0 radical (unpaired) electrons. The summed E-state index contributed by atoms with van der Waals surface area (Å²) < 4.78 is 17.8. The monoisotopic (exact) mass is 197 g/mol. The number of hydrogen-bond acceptors (Lipinski definition) is 2. The Balaban J connectivity index is 2.90. The van der Waals surface area contributed by atoms with E-state index in [4.69, 9.17) is 10.5 Å². The second-order valence-corrected chi connectivity index (χ2v) is 3.12. The fourth-order valence-electron chi connectivity index (χ4n) is 1.48. The highest BCUT2D eigenvalue weighted by Crippen LogP contribution is 2.24. The van der Waals surface area contributed by atoms with E-state index >= 15 is 0 Å². The molecule has 0 aliphatic carbocycles. The zero-order valence-electron chi connectivity index (χ0n) is 8.42. The Bertz CT molecular complexity index is 289. The van der Waals surface area contributed by atoms with E-state index < -0.39 is 6.67 Å². The molecule has 0 aromatic heterocycles. The van der Waals surface area contributed by atoms with Gasteiger partial charge in [0.25, 0.3) is 0 Å². The fourth-order valence-corrected chi connectivity index (χ4v) is 1.48. The van der Waals surface area contributed by atoms with Crippen LogP contribution >= 0.6 is 0 Å². The van der Waals surface area contributed by atoms with E-state index in [1.165, 1.54) is 0 Å². The number of ether oxygens (including phenoxy) is 1. The molecule has 0 unspecified atom stereocenters. The smallest absolute Gasteiger partial charge is 0.124 e. The van der Waals surface area contributed by atoms with Crippen molar-refractivity contribution < 1.29 is 9.13 Å². The van der Waals surface area contributed by atoms with Gasteiger partial charge in [-0.25, -0.2) is 4.39 Å². The summed E-state index contributed by atoms with van der Waals surface area (Å²) in [5.41, 5.74) is 7.07. The molecule has 0 saturated heterocycles. The number of benzene rings is 1. The minimum Gasteiger partial charge on any atom is -0.496 e. The molecule has 2 nitrogen and oxygen atoms in total. The van der Waals surface area contributed by atoms with E-state index in [0.29, 0.717) is 17.9 Å². The molecular formula is C11H16FNO. The quantitative estimate of drug-likeness (QED) is 0.784. The van der Waals surface area contributed by atoms with Crippen LogP contribution in [0.3, 0.4) is 0 Å². The highest BCUT2D eigenvalue weighted by Gasteiger charge is 2.07. The first-order chi connectivity index (χ1) is 6.83. The van der Waals surface area contributed by atoms with Gasteiger partial charge in [0.05, 0.1) is 7.11 Å². The van der Waals surface area contributed by atoms with Gasteiger partial charge < -0.3 is 10.5 Å². The van der Waals surface area contributed by atoms with Crippen LogP contribution in [-0.2, 0) is 13.1 Å². The van der Waals surface area contributed by atoms with Gasteiger partial charge in [-0.05, 0) is 31.0 Å². The second kappa shape index (κ2) is 5.60. The van der Waals surface area contributed by atoms with Gasteiger partial charge in [-0.2, -0.15) is 0 Å². The lowest BCUT2D eigenvalue weighted by atomic mass is 10.0. The average Bonchev–Trinajstić information content (AvgIpc) is 2.25. The lowest BCUT2D eigenvalue weighted by Crippen LogP contribution is -2.03. The zero-order valence-corrected chi connectivity index (χ0v) is 8.42. The van der Waals surface area contributed by atoms with Crippen LogP contribution < -0.4 is 10.5 Å². The molecular weight excluding hydrogens is 181 g/mol. The number of methoxy groups -OCH3 is 1. The van der Waals surface area contributed by atoms with Crippen molar-refractivity contribution in [1.29, 1.82) is 0 Å². The maximum Gasteiger partial charge on any atom is 0.124 e. The molecule has 1 aromatic carbocycles. The predicted molar refractivity (Wildman–Crippen MR) is 55.2 cm³/mol. The first kappa shape index (κ1) is 11.0. The highest BCUT2D eigenvalue weighted by atomic mass is 19.1. The first-order valence-electron chi connectivity index (χ1n) is 4.74. The van der Waals surface area contributed by atoms with Crippen molar-refractivity contribution in [3.8, 4) is 5.75 Å². The molecule has 0 saturated carbocycles. The van der Waals surface area contributed by atoms with Crippen molar-refractivity contribution in [2.75, 3.05) is 13.7 Å². The van der Waals surface area contributed by atoms with E-state index in [0.717, 1.165) is 18.4 Å². The second-order valence-electron chi connectivity index (χ2n) is 3.12. The molecule has 3 heteroatoms. The Morgan fingerprint density at radius 2 is 2.21 bits per heavy atom. The number of hydrogen-bond donors (Lipinski definition) is 1. The minimum absolute atomic E-state index is 0.482. The molecule has 14 heavy (non-hydrogen) atoms. The summed E-state index contributed by atoms with van der Waals surface area (Å²) in [6, 6.07) is 5.58. The summed E-state index contributed by atoms with van der Waals surface area (Å²) in [6.45, 7) is 0.146. The standard InChI is InChI=1S/C11H16FNO/c1-14-11-6-2-4-9(5-3-7-13)10(11)8-12/h2,4,6H,3,5,7-8,13H2,1H3. The summed E-state index contributed by atoms with van der Waals surface area (Å²) in [5, 5.41) is 0. The molecule has 0 bridgehead atoms.